The molecule has 2 aromatic carbocycles. The lowest BCUT2D eigenvalue weighted by Gasteiger charge is -2.33. The van der Waals surface area contributed by atoms with Gasteiger partial charge in [0.1, 0.15) is 0 Å². The Labute approximate surface area is 211 Å². The van der Waals surface area contributed by atoms with Crippen LogP contribution in [-0.4, -0.2) is 42.8 Å². The zero-order valence-electron chi connectivity index (χ0n) is 21.2. The highest BCUT2D eigenvalue weighted by molar-refractivity contribution is 5.81. The normalized spacial score (nSPS) is 16.9. The van der Waals surface area contributed by atoms with Crippen LogP contribution in [-0.2, 0) is 24.4 Å². The van der Waals surface area contributed by atoms with Crippen molar-refractivity contribution in [1.29, 1.82) is 0 Å². The van der Waals surface area contributed by atoms with Gasteiger partial charge in [-0.25, -0.2) is 4.68 Å². The molecule has 0 aliphatic carbocycles. The van der Waals surface area contributed by atoms with E-state index in [1.54, 1.807) is 0 Å². The molecule has 0 spiro atoms. The molecule has 1 fully saturated rings. The van der Waals surface area contributed by atoms with Gasteiger partial charge in [0.05, 0.1) is 24.2 Å². The van der Waals surface area contributed by atoms with Crippen LogP contribution < -0.4 is 5.56 Å². The number of para-hydroxylation sites is 1. The number of hydrogen-bond acceptors (Lipinski definition) is 6. The molecular formula is C28H34N6O2. The van der Waals surface area contributed by atoms with E-state index in [4.69, 9.17) is 4.74 Å². The molecule has 36 heavy (non-hydrogen) atoms. The number of rotatable bonds is 9. The largest absolute Gasteiger partial charge is 0.376 e. The molecule has 1 N–H and O–H groups in total. The highest BCUT2D eigenvalue weighted by atomic mass is 16.5. The zero-order chi connectivity index (χ0) is 25.1. The van der Waals surface area contributed by atoms with Crippen molar-refractivity contribution >= 4 is 10.9 Å². The molecule has 0 amide bonds. The van der Waals surface area contributed by atoms with Crippen molar-refractivity contribution in [1.82, 2.24) is 30.1 Å². The third kappa shape index (κ3) is 5.24. The summed E-state index contributed by atoms with van der Waals surface area (Å²) in [5.41, 5.74) is 3.80. The standard InChI is InChI=1S/C28H34N6O2/c1-19(2)26(27-30-31-32-34(27)18-24-13-8-14-36-24)33(16-21-10-5-4-6-11-21)17-23-15-22-12-7-9-20(3)25(22)29-28(23)35/h4-7,9-12,15,19,24,26H,8,13-14,16-18H2,1-3H3,(H,29,35)/t24-,26+/m1/s1. The van der Waals surface area contributed by atoms with Crippen molar-refractivity contribution in [2.75, 3.05) is 6.61 Å². The Balaban J connectivity index is 1.53. The van der Waals surface area contributed by atoms with E-state index in [9.17, 15) is 4.79 Å². The van der Waals surface area contributed by atoms with Crippen LogP contribution in [0.3, 0.4) is 0 Å². The first-order chi connectivity index (χ1) is 17.5. The number of ether oxygens (including phenoxy) is 1. The number of fused-ring (bicyclic) bond motifs is 1. The third-order valence-corrected chi connectivity index (χ3v) is 7.02. The number of tetrazole rings is 1. The first-order valence-electron chi connectivity index (χ1n) is 12.8. The Kier molecular flexibility index (Phi) is 7.25. The quantitative estimate of drug-likeness (QED) is 0.377. The molecule has 0 unspecified atom stereocenters. The fourth-order valence-corrected chi connectivity index (χ4v) is 5.25. The van der Waals surface area contributed by atoms with E-state index < -0.39 is 0 Å². The second-order valence-corrected chi connectivity index (χ2v) is 10.1. The third-order valence-electron chi connectivity index (χ3n) is 7.02. The van der Waals surface area contributed by atoms with Crippen LogP contribution >= 0.6 is 0 Å². The Bertz CT molecular complexity index is 1360. The molecule has 1 aliphatic rings. The van der Waals surface area contributed by atoms with E-state index in [2.05, 4.69) is 51.4 Å². The Morgan fingerprint density at radius 3 is 2.72 bits per heavy atom. The molecule has 0 saturated carbocycles. The molecule has 2 atom stereocenters. The number of aromatic nitrogens is 5. The van der Waals surface area contributed by atoms with Gasteiger partial charge in [0.15, 0.2) is 5.82 Å². The lowest BCUT2D eigenvalue weighted by molar-refractivity contribution is 0.0851. The van der Waals surface area contributed by atoms with Gasteiger partial charge in [0.2, 0.25) is 0 Å². The molecule has 188 valence electrons. The molecule has 8 nitrogen and oxygen atoms in total. The highest BCUT2D eigenvalue weighted by Crippen LogP contribution is 2.31. The van der Waals surface area contributed by atoms with Crippen LogP contribution in [0.5, 0.6) is 0 Å². The summed E-state index contributed by atoms with van der Waals surface area (Å²) in [6.07, 6.45) is 2.22. The van der Waals surface area contributed by atoms with Gasteiger partial charge in [-0.15, -0.1) is 5.10 Å². The SMILES string of the molecule is Cc1cccc2cc(CN(Cc3ccccc3)[C@H](c3nnnn3C[C@H]3CCCO3)C(C)C)c(=O)[nH]c12. The van der Waals surface area contributed by atoms with Crippen molar-refractivity contribution in [3.8, 4) is 0 Å². The molecular weight excluding hydrogens is 452 g/mol. The smallest absolute Gasteiger partial charge is 0.252 e. The number of H-pyrrole nitrogens is 1. The fourth-order valence-electron chi connectivity index (χ4n) is 5.25. The summed E-state index contributed by atoms with van der Waals surface area (Å²) in [6.45, 7) is 8.96. The van der Waals surface area contributed by atoms with Crippen LogP contribution in [0.2, 0.25) is 0 Å². The van der Waals surface area contributed by atoms with Gasteiger partial charge in [-0.3, -0.25) is 9.69 Å². The van der Waals surface area contributed by atoms with Gasteiger partial charge in [-0.05, 0) is 58.7 Å². The van der Waals surface area contributed by atoms with E-state index in [0.29, 0.717) is 19.6 Å². The molecule has 3 heterocycles. The van der Waals surface area contributed by atoms with Crippen LogP contribution in [0, 0.1) is 12.8 Å². The first kappa shape index (κ1) is 24.3. The van der Waals surface area contributed by atoms with Crippen molar-refractivity contribution in [2.24, 2.45) is 5.92 Å². The second kappa shape index (κ2) is 10.7. The van der Waals surface area contributed by atoms with Crippen LogP contribution in [0.25, 0.3) is 10.9 Å². The summed E-state index contributed by atoms with van der Waals surface area (Å²) in [7, 11) is 0. The Morgan fingerprint density at radius 2 is 1.97 bits per heavy atom. The monoisotopic (exact) mass is 486 g/mol. The molecule has 1 saturated heterocycles. The number of aromatic amines is 1. The van der Waals surface area contributed by atoms with Crippen LogP contribution in [0.4, 0.5) is 0 Å². The number of nitrogens with zero attached hydrogens (tertiary/aromatic N) is 5. The van der Waals surface area contributed by atoms with Gasteiger partial charge < -0.3 is 9.72 Å². The minimum absolute atomic E-state index is 0.0590. The van der Waals surface area contributed by atoms with Crippen LogP contribution in [0.1, 0.15) is 55.2 Å². The maximum atomic E-state index is 13.2. The molecule has 2 aromatic heterocycles. The second-order valence-electron chi connectivity index (χ2n) is 10.1. The number of pyridine rings is 1. The molecule has 1 aliphatic heterocycles. The lowest BCUT2D eigenvalue weighted by atomic mass is 9.99. The maximum absolute atomic E-state index is 13.2. The summed E-state index contributed by atoms with van der Waals surface area (Å²) < 4.78 is 7.76. The average Bonchev–Trinajstić information content (AvgIpc) is 3.54. The van der Waals surface area contributed by atoms with E-state index in [-0.39, 0.29) is 23.6 Å². The molecule has 5 rings (SSSR count). The maximum Gasteiger partial charge on any atom is 0.252 e. The van der Waals surface area contributed by atoms with E-state index in [1.165, 1.54) is 5.56 Å². The van der Waals surface area contributed by atoms with Gasteiger partial charge in [0, 0.05) is 25.3 Å². The molecule has 8 heteroatoms. The summed E-state index contributed by atoms with van der Waals surface area (Å²) in [4.78, 5) is 18.6. The van der Waals surface area contributed by atoms with Crippen molar-refractivity contribution in [2.45, 2.75) is 65.4 Å². The molecule has 4 aromatic rings. The summed E-state index contributed by atoms with van der Waals surface area (Å²) in [5.74, 6) is 1.02. The summed E-state index contributed by atoms with van der Waals surface area (Å²) in [5, 5.41) is 13.9. The fraction of sp³-hybridized carbons (Fsp3) is 0.429. The predicted molar refractivity (Wildman–Crippen MR) is 139 cm³/mol. The van der Waals surface area contributed by atoms with Crippen molar-refractivity contribution in [3.05, 3.63) is 87.5 Å². The van der Waals surface area contributed by atoms with Crippen molar-refractivity contribution < 1.29 is 4.74 Å². The van der Waals surface area contributed by atoms with Gasteiger partial charge in [-0.1, -0.05) is 62.4 Å². The minimum atomic E-state index is -0.0887. The molecule has 0 bridgehead atoms. The zero-order valence-corrected chi connectivity index (χ0v) is 21.2. The lowest BCUT2D eigenvalue weighted by Crippen LogP contribution is -2.36. The number of hydrogen-bond donors (Lipinski definition) is 1. The minimum Gasteiger partial charge on any atom is -0.376 e. The number of aryl methyl sites for hydroxylation is 1. The van der Waals surface area contributed by atoms with E-state index >= 15 is 0 Å². The topological polar surface area (TPSA) is 88.9 Å². The van der Waals surface area contributed by atoms with Crippen molar-refractivity contribution in [3.63, 3.8) is 0 Å². The highest BCUT2D eigenvalue weighted by Gasteiger charge is 2.31. The molecule has 0 radical (unpaired) electrons. The van der Waals surface area contributed by atoms with E-state index in [1.807, 2.05) is 54.1 Å². The number of benzene rings is 2. The summed E-state index contributed by atoms with van der Waals surface area (Å²) >= 11 is 0. The Hall–Kier alpha value is -3.36. The van der Waals surface area contributed by atoms with E-state index in [0.717, 1.165) is 47.3 Å². The average molecular weight is 487 g/mol. The number of nitrogens with one attached hydrogen (secondary N) is 1. The Morgan fingerprint density at radius 1 is 1.14 bits per heavy atom. The van der Waals surface area contributed by atoms with Gasteiger partial charge >= 0.3 is 0 Å². The van der Waals surface area contributed by atoms with Crippen LogP contribution in [0.15, 0.2) is 59.4 Å². The predicted octanol–water partition coefficient (Wildman–Crippen LogP) is 4.40. The van der Waals surface area contributed by atoms with Gasteiger partial charge in [0.25, 0.3) is 5.56 Å². The first-order valence-corrected chi connectivity index (χ1v) is 12.8. The van der Waals surface area contributed by atoms with Gasteiger partial charge in [-0.2, -0.15) is 0 Å². The summed E-state index contributed by atoms with van der Waals surface area (Å²) in [6, 6.07) is 18.4.